The van der Waals surface area contributed by atoms with Crippen molar-refractivity contribution >= 4 is 39.7 Å². The van der Waals surface area contributed by atoms with Gasteiger partial charge < -0.3 is 10.1 Å². The van der Waals surface area contributed by atoms with Crippen molar-refractivity contribution in [1.82, 2.24) is 4.98 Å². The van der Waals surface area contributed by atoms with Gasteiger partial charge in [0, 0.05) is 16.7 Å². The summed E-state index contributed by atoms with van der Waals surface area (Å²) in [6.45, 7) is 2.04. The molecule has 0 fully saturated rings. The van der Waals surface area contributed by atoms with E-state index in [9.17, 15) is 9.59 Å². The maximum absolute atomic E-state index is 11.8. The highest BCUT2D eigenvalue weighted by Crippen LogP contribution is 2.17. The average Bonchev–Trinajstić information content (AvgIpc) is 3.10. The van der Waals surface area contributed by atoms with Gasteiger partial charge in [-0.2, -0.15) is 0 Å². The van der Waals surface area contributed by atoms with Crippen molar-refractivity contribution < 1.29 is 14.3 Å². The summed E-state index contributed by atoms with van der Waals surface area (Å²) in [5, 5.41) is 6.75. The van der Waals surface area contributed by atoms with E-state index in [4.69, 9.17) is 4.74 Å². The third-order valence-electron chi connectivity index (χ3n) is 2.64. The molecule has 0 bridgehead atoms. The van der Waals surface area contributed by atoms with Gasteiger partial charge in [0.2, 0.25) is 5.91 Å². The molecule has 21 heavy (non-hydrogen) atoms. The molecule has 5 nitrogen and oxygen atoms in total. The Bertz CT molecular complexity index is 593. The Labute approximate surface area is 131 Å². The number of thiophene rings is 1. The molecule has 0 aliphatic heterocycles. The molecule has 112 valence electrons. The van der Waals surface area contributed by atoms with Crippen LogP contribution in [0.2, 0.25) is 0 Å². The lowest BCUT2D eigenvalue weighted by Crippen LogP contribution is -2.12. The first-order chi connectivity index (χ1) is 10.2. The van der Waals surface area contributed by atoms with E-state index in [0.29, 0.717) is 18.2 Å². The number of amides is 1. The third-order valence-corrected chi connectivity index (χ3v) is 4.34. The highest BCUT2D eigenvalue weighted by atomic mass is 32.1. The number of rotatable bonds is 7. The zero-order valence-corrected chi connectivity index (χ0v) is 13.3. The lowest BCUT2D eigenvalue weighted by Gasteiger charge is -2.01. The van der Waals surface area contributed by atoms with Gasteiger partial charge in [-0.05, 0) is 31.2 Å². The topological polar surface area (TPSA) is 68.3 Å². The molecule has 0 saturated heterocycles. The van der Waals surface area contributed by atoms with Crippen LogP contribution in [-0.4, -0.2) is 23.5 Å². The summed E-state index contributed by atoms with van der Waals surface area (Å²) in [5.74, 6) is -0.553. The fraction of sp³-hybridized carbons (Fsp3) is 0.357. The van der Waals surface area contributed by atoms with Crippen molar-refractivity contribution in [3.8, 4) is 0 Å². The minimum atomic E-state index is -0.466. The van der Waals surface area contributed by atoms with Crippen molar-refractivity contribution in [2.75, 3.05) is 11.9 Å². The van der Waals surface area contributed by atoms with Crippen LogP contribution in [-0.2, 0) is 16.0 Å². The van der Waals surface area contributed by atoms with Crippen molar-refractivity contribution in [1.29, 1.82) is 0 Å². The van der Waals surface area contributed by atoms with Gasteiger partial charge in [-0.25, -0.2) is 9.78 Å². The fourth-order valence-corrected chi connectivity index (χ4v) is 3.14. The minimum absolute atomic E-state index is 0.0867. The lowest BCUT2D eigenvalue weighted by atomic mass is 10.2. The van der Waals surface area contributed by atoms with Crippen LogP contribution < -0.4 is 5.32 Å². The number of aryl methyl sites for hydroxylation is 1. The van der Waals surface area contributed by atoms with Crippen LogP contribution in [0.25, 0.3) is 0 Å². The molecule has 0 atom stereocenters. The Morgan fingerprint density at radius 3 is 2.95 bits per heavy atom. The monoisotopic (exact) mass is 324 g/mol. The van der Waals surface area contributed by atoms with Gasteiger partial charge >= 0.3 is 5.97 Å². The zero-order valence-electron chi connectivity index (χ0n) is 11.6. The maximum atomic E-state index is 11.8. The van der Waals surface area contributed by atoms with Crippen molar-refractivity contribution in [2.45, 2.75) is 26.2 Å². The molecular formula is C14H16N2O3S2. The van der Waals surface area contributed by atoms with Crippen LogP contribution in [0.1, 0.15) is 35.1 Å². The third kappa shape index (κ3) is 4.95. The van der Waals surface area contributed by atoms with Gasteiger partial charge in [0.05, 0.1) is 6.61 Å². The molecular weight excluding hydrogens is 308 g/mol. The van der Waals surface area contributed by atoms with Gasteiger partial charge in [-0.3, -0.25) is 4.79 Å². The SMILES string of the molecule is CCOC(=O)c1csc(NC(=O)CCCc2cccs2)n1. The summed E-state index contributed by atoms with van der Waals surface area (Å²) in [6, 6.07) is 4.07. The highest BCUT2D eigenvalue weighted by molar-refractivity contribution is 7.14. The second-order valence-electron chi connectivity index (χ2n) is 4.24. The van der Waals surface area contributed by atoms with Crippen LogP contribution in [0.5, 0.6) is 0 Å². The van der Waals surface area contributed by atoms with E-state index < -0.39 is 5.97 Å². The summed E-state index contributed by atoms with van der Waals surface area (Å²) in [5.41, 5.74) is 0.232. The molecule has 0 saturated carbocycles. The van der Waals surface area contributed by atoms with E-state index in [1.165, 1.54) is 16.2 Å². The lowest BCUT2D eigenvalue weighted by molar-refractivity contribution is -0.116. The molecule has 0 radical (unpaired) electrons. The summed E-state index contributed by atoms with van der Waals surface area (Å²) in [7, 11) is 0. The molecule has 7 heteroatoms. The quantitative estimate of drug-likeness (QED) is 0.793. The highest BCUT2D eigenvalue weighted by Gasteiger charge is 2.13. The predicted molar refractivity (Wildman–Crippen MR) is 84.0 cm³/mol. The number of esters is 1. The number of nitrogens with zero attached hydrogens (tertiary/aromatic N) is 1. The number of hydrogen-bond donors (Lipinski definition) is 1. The number of carbonyl (C=O) groups is 2. The second kappa shape index (κ2) is 7.90. The average molecular weight is 324 g/mol. The number of anilines is 1. The zero-order chi connectivity index (χ0) is 15.1. The molecule has 0 aromatic carbocycles. The van der Waals surface area contributed by atoms with Crippen LogP contribution in [0.4, 0.5) is 5.13 Å². The van der Waals surface area contributed by atoms with E-state index >= 15 is 0 Å². The second-order valence-corrected chi connectivity index (χ2v) is 6.13. The molecule has 0 spiro atoms. The fourth-order valence-electron chi connectivity index (χ4n) is 1.69. The van der Waals surface area contributed by atoms with Crippen LogP contribution in [0.15, 0.2) is 22.9 Å². The van der Waals surface area contributed by atoms with Crippen LogP contribution in [0, 0.1) is 0 Å². The van der Waals surface area contributed by atoms with Crippen molar-refractivity contribution in [2.24, 2.45) is 0 Å². The van der Waals surface area contributed by atoms with E-state index in [2.05, 4.69) is 16.4 Å². The molecule has 2 aromatic rings. The first-order valence-electron chi connectivity index (χ1n) is 6.64. The Balaban J connectivity index is 1.76. The Hall–Kier alpha value is -1.73. The van der Waals surface area contributed by atoms with Gasteiger partial charge in [-0.15, -0.1) is 22.7 Å². The Kier molecular flexibility index (Phi) is 5.89. The molecule has 2 rings (SSSR count). The summed E-state index contributed by atoms with van der Waals surface area (Å²) in [6.07, 6.45) is 2.13. The first kappa shape index (κ1) is 15.7. The Morgan fingerprint density at radius 1 is 1.38 bits per heavy atom. The number of nitrogens with one attached hydrogen (secondary N) is 1. The van der Waals surface area contributed by atoms with E-state index in [1.54, 1.807) is 23.6 Å². The smallest absolute Gasteiger partial charge is 0.357 e. The molecule has 2 heterocycles. The first-order valence-corrected chi connectivity index (χ1v) is 8.40. The van der Waals surface area contributed by atoms with E-state index in [0.717, 1.165) is 12.8 Å². The number of ether oxygens (including phenoxy) is 1. The number of thiazole rings is 1. The molecule has 1 N–H and O–H groups in total. The van der Waals surface area contributed by atoms with Crippen LogP contribution >= 0.6 is 22.7 Å². The van der Waals surface area contributed by atoms with Crippen molar-refractivity contribution in [3.05, 3.63) is 33.5 Å². The number of hydrogen-bond acceptors (Lipinski definition) is 6. The summed E-state index contributed by atoms with van der Waals surface area (Å²) >= 11 is 2.92. The predicted octanol–water partition coefficient (Wildman–Crippen LogP) is 3.34. The van der Waals surface area contributed by atoms with Gasteiger partial charge in [0.15, 0.2) is 10.8 Å². The summed E-state index contributed by atoms with van der Waals surface area (Å²) < 4.78 is 4.85. The maximum Gasteiger partial charge on any atom is 0.357 e. The van der Waals surface area contributed by atoms with Crippen molar-refractivity contribution in [3.63, 3.8) is 0 Å². The van der Waals surface area contributed by atoms with Gasteiger partial charge in [-0.1, -0.05) is 6.07 Å². The largest absolute Gasteiger partial charge is 0.461 e. The van der Waals surface area contributed by atoms with Crippen LogP contribution in [0.3, 0.4) is 0 Å². The van der Waals surface area contributed by atoms with E-state index in [-0.39, 0.29) is 11.6 Å². The molecule has 1 amide bonds. The Morgan fingerprint density at radius 2 is 2.24 bits per heavy atom. The van der Waals surface area contributed by atoms with E-state index in [1.807, 2.05) is 11.4 Å². The molecule has 0 aliphatic rings. The number of carbonyl (C=O) groups excluding carboxylic acids is 2. The molecule has 2 aromatic heterocycles. The minimum Gasteiger partial charge on any atom is -0.461 e. The molecule has 0 aliphatic carbocycles. The molecule has 0 unspecified atom stereocenters. The standard InChI is InChI=1S/C14H16N2O3S2/c1-2-19-13(18)11-9-21-14(15-11)16-12(17)7-3-5-10-6-4-8-20-10/h4,6,8-9H,2-3,5,7H2,1H3,(H,15,16,17). The van der Waals surface area contributed by atoms with Gasteiger partial charge in [0.1, 0.15) is 0 Å². The summed E-state index contributed by atoms with van der Waals surface area (Å²) in [4.78, 5) is 28.6. The normalized spacial score (nSPS) is 10.3. The van der Waals surface area contributed by atoms with Gasteiger partial charge in [0.25, 0.3) is 0 Å². The number of aromatic nitrogens is 1.